The largest absolute Gasteiger partial charge is 0.479 e. The molecule has 0 aromatic rings. The first-order chi connectivity index (χ1) is 8.40. The fourth-order valence-electron chi connectivity index (χ4n) is 1.25. The lowest BCUT2D eigenvalue weighted by molar-refractivity contribution is -0.146. The van der Waals surface area contributed by atoms with Crippen LogP contribution >= 0.6 is 11.8 Å². The number of hydrogen-bond donors (Lipinski definition) is 3. The molecule has 0 fully saturated rings. The summed E-state index contributed by atoms with van der Waals surface area (Å²) in [6.45, 7) is 2.10. The zero-order valence-electron chi connectivity index (χ0n) is 11.0. The molecule has 106 valence electrons. The van der Waals surface area contributed by atoms with Gasteiger partial charge in [0.15, 0.2) is 6.10 Å². The Hall–Kier alpha value is -0.950. The monoisotopic (exact) mass is 278 g/mol. The van der Waals surface area contributed by atoms with Gasteiger partial charge in [-0.25, -0.2) is 9.59 Å². The lowest BCUT2D eigenvalue weighted by Crippen LogP contribution is -2.43. The molecule has 0 aromatic carbocycles. The maximum atomic E-state index is 11.7. The molecule has 0 aromatic heterocycles. The smallest absolute Gasteiger partial charge is 0.332 e. The van der Waals surface area contributed by atoms with Crippen molar-refractivity contribution in [2.45, 2.75) is 31.9 Å². The molecule has 18 heavy (non-hydrogen) atoms. The van der Waals surface area contributed by atoms with Crippen molar-refractivity contribution in [3.63, 3.8) is 0 Å². The van der Waals surface area contributed by atoms with Gasteiger partial charge in [-0.2, -0.15) is 11.8 Å². The third kappa shape index (κ3) is 6.70. The van der Waals surface area contributed by atoms with Crippen molar-refractivity contribution in [2.24, 2.45) is 0 Å². The van der Waals surface area contributed by atoms with E-state index >= 15 is 0 Å². The van der Waals surface area contributed by atoms with E-state index in [1.165, 1.54) is 0 Å². The Balaban J connectivity index is 3.90. The molecular weight excluding hydrogens is 256 g/mol. The topological polar surface area (TPSA) is 89.9 Å². The molecule has 0 spiro atoms. The average Bonchev–Trinajstić information content (AvgIpc) is 2.34. The van der Waals surface area contributed by atoms with Gasteiger partial charge in [0.2, 0.25) is 0 Å². The Morgan fingerprint density at radius 1 is 1.39 bits per heavy atom. The van der Waals surface area contributed by atoms with Gasteiger partial charge in [-0.3, -0.25) is 0 Å². The first-order valence-electron chi connectivity index (χ1n) is 5.80. The minimum absolute atomic E-state index is 0.00804. The van der Waals surface area contributed by atoms with Gasteiger partial charge in [0.1, 0.15) is 0 Å². The number of hydrogen-bond acceptors (Lipinski definition) is 4. The summed E-state index contributed by atoms with van der Waals surface area (Å²) in [7, 11) is 1.70. The molecule has 0 rings (SSSR count). The second-order valence-corrected chi connectivity index (χ2v) is 5.10. The average molecular weight is 278 g/mol. The lowest BCUT2D eigenvalue weighted by atomic mass is 10.2. The molecule has 0 radical (unpaired) electrons. The Kier molecular flexibility index (Phi) is 8.57. The first kappa shape index (κ1) is 17.1. The van der Waals surface area contributed by atoms with Gasteiger partial charge in [-0.15, -0.1) is 0 Å². The predicted molar refractivity (Wildman–Crippen MR) is 71.9 cm³/mol. The number of carbonyl (C=O) groups excluding carboxylic acids is 1. The molecule has 0 aliphatic heterocycles. The molecule has 7 heteroatoms. The molecule has 0 saturated carbocycles. The van der Waals surface area contributed by atoms with E-state index in [0.717, 1.165) is 12.2 Å². The normalized spacial score (nSPS) is 13.8. The minimum atomic E-state index is -1.43. The molecule has 2 amide bonds. The van der Waals surface area contributed by atoms with Crippen LogP contribution in [-0.4, -0.2) is 64.9 Å². The summed E-state index contributed by atoms with van der Waals surface area (Å²) in [6, 6.07) is -0.122. The maximum absolute atomic E-state index is 11.7. The molecule has 0 heterocycles. The Labute approximate surface area is 112 Å². The minimum Gasteiger partial charge on any atom is -0.479 e. The van der Waals surface area contributed by atoms with Gasteiger partial charge in [-0.1, -0.05) is 0 Å². The summed E-state index contributed by atoms with van der Waals surface area (Å²) in [5.41, 5.74) is 0. The van der Waals surface area contributed by atoms with Gasteiger partial charge in [0, 0.05) is 26.1 Å². The summed E-state index contributed by atoms with van der Waals surface area (Å²) in [6.07, 6.45) is 1.50. The van der Waals surface area contributed by atoms with Crippen LogP contribution in [0.1, 0.15) is 19.8 Å². The number of aliphatic hydroxyl groups excluding tert-OH is 1. The number of urea groups is 1. The van der Waals surface area contributed by atoms with Gasteiger partial charge in [-0.05, 0) is 25.4 Å². The highest BCUT2D eigenvalue weighted by atomic mass is 32.2. The number of aliphatic carboxylic acids is 1. The van der Waals surface area contributed by atoms with Crippen molar-refractivity contribution >= 4 is 23.8 Å². The SMILES string of the molecule is CSCCC(C)N(C)C(=O)NCC[C@H](O)C(=O)O. The van der Waals surface area contributed by atoms with Crippen molar-refractivity contribution in [1.82, 2.24) is 10.2 Å². The number of thioether (sulfide) groups is 1. The highest BCUT2D eigenvalue weighted by Gasteiger charge is 2.16. The van der Waals surface area contributed by atoms with Crippen LogP contribution in [0.15, 0.2) is 0 Å². The van der Waals surface area contributed by atoms with E-state index in [1.807, 2.05) is 13.2 Å². The molecule has 0 aliphatic rings. The van der Waals surface area contributed by atoms with Gasteiger partial charge < -0.3 is 20.4 Å². The summed E-state index contributed by atoms with van der Waals surface area (Å²) < 4.78 is 0. The molecule has 3 N–H and O–H groups in total. The fraction of sp³-hybridized carbons (Fsp3) is 0.818. The first-order valence-corrected chi connectivity index (χ1v) is 7.20. The zero-order valence-corrected chi connectivity index (χ0v) is 11.9. The number of carboxylic acid groups (broad SMARTS) is 1. The van der Waals surface area contributed by atoms with Gasteiger partial charge in [0.25, 0.3) is 0 Å². The number of nitrogens with one attached hydrogen (secondary N) is 1. The van der Waals surface area contributed by atoms with E-state index in [9.17, 15) is 9.59 Å². The summed E-state index contributed by atoms with van der Waals surface area (Å²) in [5.74, 6) is -0.290. The summed E-state index contributed by atoms with van der Waals surface area (Å²) in [5, 5.41) is 20.1. The van der Waals surface area contributed by atoms with E-state index in [2.05, 4.69) is 5.32 Å². The standard InChI is InChI=1S/C11H22N2O4S/c1-8(5-7-18-3)13(2)11(17)12-6-4-9(14)10(15)16/h8-9,14H,4-7H2,1-3H3,(H,12,17)(H,15,16)/t8?,9-/m0/s1. The van der Waals surface area contributed by atoms with Crippen LogP contribution < -0.4 is 5.32 Å². The molecule has 1 unspecified atom stereocenters. The van der Waals surface area contributed by atoms with Crippen molar-refractivity contribution in [1.29, 1.82) is 0 Å². The molecule has 0 bridgehead atoms. The van der Waals surface area contributed by atoms with Crippen molar-refractivity contribution in [3.8, 4) is 0 Å². The number of carboxylic acids is 1. The van der Waals surface area contributed by atoms with Crippen LogP contribution in [0, 0.1) is 0 Å². The second kappa shape index (κ2) is 9.04. The maximum Gasteiger partial charge on any atom is 0.332 e. The summed E-state index contributed by atoms with van der Waals surface area (Å²) in [4.78, 5) is 23.6. The van der Waals surface area contributed by atoms with Crippen molar-refractivity contribution in [3.05, 3.63) is 0 Å². The van der Waals surface area contributed by atoms with Crippen LogP contribution in [0.3, 0.4) is 0 Å². The van der Waals surface area contributed by atoms with Crippen molar-refractivity contribution in [2.75, 3.05) is 25.6 Å². The second-order valence-electron chi connectivity index (χ2n) is 4.12. The van der Waals surface area contributed by atoms with E-state index in [0.29, 0.717) is 0 Å². The van der Waals surface area contributed by atoms with Crippen molar-refractivity contribution < 1.29 is 19.8 Å². The molecular formula is C11H22N2O4S. The molecule has 2 atom stereocenters. The Bertz CT molecular complexity index is 276. The van der Waals surface area contributed by atoms with Gasteiger partial charge >= 0.3 is 12.0 Å². The lowest BCUT2D eigenvalue weighted by Gasteiger charge is -2.25. The number of aliphatic hydroxyl groups is 1. The van der Waals surface area contributed by atoms with E-state index in [1.54, 1.807) is 23.7 Å². The quantitative estimate of drug-likeness (QED) is 0.605. The molecule has 0 saturated heterocycles. The summed E-state index contributed by atoms with van der Waals surface area (Å²) >= 11 is 1.73. The van der Waals surface area contributed by atoms with Crippen LogP contribution in [0.2, 0.25) is 0 Å². The third-order valence-electron chi connectivity index (χ3n) is 2.70. The van der Waals surface area contributed by atoms with E-state index in [-0.39, 0.29) is 25.0 Å². The van der Waals surface area contributed by atoms with Crippen LogP contribution in [0.25, 0.3) is 0 Å². The third-order valence-corrected chi connectivity index (χ3v) is 3.34. The Morgan fingerprint density at radius 2 is 2.00 bits per heavy atom. The van der Waals surface area contributed by atoms with E-state index < -0.39 is 12.1 Å². The van der Waals surface area contributed by atoms with Crippen LogP contribution in [0.5, 0.6) is 0 Å². The van der Waals surface area contributed by atoms with E-state index in [4.69, 9.17) is 10.2 Å². The highest BCUT2D eigenvalue weighted by Crippen LogP contribution is 2.06. The van der Waals surface area contributed by atoms with Crippen LogP contribution in [-0.2, 0) is 4.79 Å². The number of amides is 2. The fourth-order valence-corrected chi connectivity index (χ4v) is 1.82. The number of nitrogens with zero attached hydrogens (tertiary/aromatic N) is 1. The molecule has 6 nitrogen and oxygen atoms in total. The van der Waals surface area contributed by atoms with Crippen LogP contribution in [0.4, 0.5) is 4.79 Å². The van der Waals surface area contributed by atoms with Gasteiger partial charge in [0.05, 0.1) is 0 Å². The Morgan fingerprint density at radius 3 is 2.50 bits per heavy atom. The number of carbonyl (C=O) groups is 2. The number of rotatable bonds is 8. The highest BCUT2D eigenvalue weighted by molar-refractivity contribution is 7.98. The molecule has 0 aliphatic carbocycles. The predicted octanol–water partition coefficient (Wildman–Crippen LogP) is 0.605. The zero-order chi connectivity index (χ0) is 14.1.